The van der Waals surface area contributed by atoms with E-state index in [0.29, 0.717) is 5.56 Å². The molecule has 0 aliphatic carbocycles. The van der Waals surface area contributed by atoms with Crippen molar-refractivity contribution in [3.8, 4) is 0 Å². The van der Waals surface area contributed by atoms with Crippen molar-refractivity contribution >= 4 is 21.9 Å². The highest BCUT2D eigenvalue weighted by Crippen LogP contribution is 2.17. The van der Waals surface area contributed by atoms with Gasteiger partial charge in [0.2, 0.25) is 10.0 Å². The Bertz CT molecular complexity index is 751. The van der Waals surface area contributed by atoms with E-state index in [1.165, 1.54) is 25.1 Å². The number of nitrogens with one attached hydrogen (secondary N) is 2. The lowest BCUT2D eigenvalue weighted by atomic mass is 10.1. The SMILES string of the molecule is CCNS(=O)(=O)c1ccc(C)c(C(=O)OC(C)C(=O)NC(C)(C)C)c1. The summed E-state index contributed by atoms with van der Waals surface area (Å²) < 4.78 is 31.7. The first kappa shape index (κ1) is 21.1. The highest BCUT2D eigenvalue weighted by Gasteiger charge is 2.24. The number of rotatable bonds is 6. The summed E-state index contributed by atoms with van der Waals surface area (Å²) in [5, 5.41) is 2.72. The van der Waals surface area contributed by atoms with Crippen LogP contribution in [0.25, 0.3) is 0 Å². The summed E-state index contributed by atoms with van der Waals surface area (Å²) in [7, 11) is -3.69. The number of sulfonamides is 1. The fourth-order valence-electron chi connectivity index (χ4n) is 2.01. The number of esters is 1. The van der Waals surface area contributed by atoms with Crippen molar-refractivity contribution in [3.05, 3.63) is 29.3 Å². The number of ether oxygens (including phenoxy) is 1. The third kappa shape index (κ3) is 6.13. The maximum absolute atomic E-state index is 12.4. The summed E-state index contributed by atoms with van der Waals surface area (Å²) in [4.78, 5) is 24.4. The molecular formula is C17H26N2O5S. The van der Waals surface area contributed by atoms with E-state index in [2.05, 4.69) is 10.0 Å². The maximum atomic E-state index is 12.4. The molecule has 1 aromatic rings. The van der Waals surface area contributed by atoms with Gasteiger partial charge in [0.15, 0.2) is 6.10 Å². The van der Waals surface area contributed by atoms with Crippen molar-refractivity contribution in [1.29, 1.82) is 0 Å². The molecule has 1 amide bonds. The molecule has 0 aliphatic rings. The third-order valence-electron chi connectivity index (χ3n) is 3.22. The van der Waals surface area contributed by atoms with Crippen LogP contribution in [0.3, 0.4) is 0 Å². The molecule has 7 nitrogen and oxygen atoms in total. The molecule has 0 aliphatic heterocycles. The van der Waals surface area contributed by atoms with E-state index in [9.17, 15) is 18.0 Å². The first-order valence-corrected chi connectivity index (χ1v) is 9.49. The average molecular weight is 370 g/mol. The molecule has 25 heavy (non-hydrogen) atoms. The van der Waals surface area contributed by atoms with Crippen LogP contribution in [0.15, 0.2) is 23.1 Å². The van der Waals surface area contributed by atoms with E-state index in [-0.39, 0.29) is 17.0 Å². The lowest BCUT2D eigenvalue weighted by Gasteiger charge is -2.23. The highest BCUT2D eigenvalue weighted by molar-refractivity contribution is 7.89. The van der Waals surface area contributed by atoms with Crippen molar-refractivity contribution in [2.24, 2.45) is 0 Å². The van der Waals surface area contributed by atoms with E-state index in [1.807, 2.05) is 20.8 Å². The predicted octanol–water partition coefficient (Wildman–Crippen LogP) is 1.75. The van der Waals surface area contributed by atoms with Gasteiger partial charge in [-0.15, -0.1) is 0 Å². The number of carbonyl (C=O) groups is 2. The van der Waals surface area contributed by atoms with Crippen LogP contribution in [0.2, 0.25) is 0 Å². The molecule has 0 radical (unpaired) electrons. The van der Waals surface area contributed by atoms with E-state index in [1.54, 1.807) is 13.8 Å². The second-order valence-electron chi connectivity index (χ2n) is 6.76. The van der Waals surface area contributed by atoms with Crippen molar-refractivity contribution < 1.29 is 22.7 Å². The molecule has 0 saturated heterocycles. The van der Waals surface area contributed by atoms with Gasteiger partial charge in [-0.05, 0) is 52.3 Å². The lowest BCUT2D eigenvalue weighted by molar-refractivity contribution is -0.130. The molecule has 1 aromatic carbocycles. The van der Waals surface area contributed by atoms with Gasteiger partial charge in [0.1, 0.15) is 0 Å². The molecule has 0 aromatic heterocycles. The van der Waals surface area contributed by atoms with Crippen LogP contribution < -0.4 is 10.0 Å². The second kappa shape index (κ2) is 7.97. The third-order valence-corrected chi connectivity index (χ3v) is 4.77. The number of amides is 1. The van der Waals surface area contributed by atoms with Gasteiger partial charge in [-0.1, -0.05) is 13.0 Å². The van der Waals surface area contributed by atoms with Crippen LogP contribution in [0, 0.1) is 6.92 Å². The summed E-state index contributed by atoms with van der Waals surface area (Å²) in [6.07, 6.45) is -1.000. The summed E-state index contributed by atoms with van der Waals surface area (Å²) in [5.41, 5.74) is 0.214. The maximum Gasteiger partial charge on any atom is 0.339 e. The molecule has 0 spiro atoms. The first-order chi connectivity index (χ1) is 11.4. The number of aryl methyl sites for hydroxylation is 1. The van der Waals surface area contributed by atoms with Gasteiger partial charge in [0.25, 0.3) is 5.91 Å². The zero-order valence-corrected chi connectivity index (χ0v) is 16.3. The molecule has 1 atom stereocenters. The highest BCUT2D eigenvalue weighted by atomic mass is 32.2. The summed E-state index contributed by atoms with van der Waals surface area (Å²) >= 11 is 0. The van der Waals surface area contributed by atoms with Crippen LogP contribution in [-0.4, -0.2) is 38.5 Å². The zero-order chi connectivity index (χ0) is 19.4. The lowest BCUT2D eigenvalue weighted by Crippen LogP contribution is -2.46. The molecule has 140 valence electrons. The number of carbonyl (C=O) groups excluding carboxylic acids is 2. The Morgan fingerprint density at radius 1 is 1.24 bits per heavy atom. The van der Waals surface area contributed by atoms with Crippen LogP contribution in [0.5, 0.6) is 0 Å². The van der Waals surface area contributed by atoms with Crippen molar-refractivity contribution in [1.82, 2.24) is 10.0 Å². The van der Waals surface area contributed by atoms with Crippen LogP contribution >= 0.6 is 0 Å². The summed E-state index contributed by atoms with van der Waals surface area (Å²) in [6, 6.07) is 4.20. The Morgan fingerprint density at radius 2 is 1.84 bits per heavy atom. The van der Waals surface area contributed by atoms with Gasteiger partial charge in [-0.3, -0.25) is 4.79 Å². The Labute approximate surface area is 149 Å². The molecule has 1 unspecified atom stereocenters. The quantitative estimate of drug-likeness (QED) is 0.743. The molecule has 0 saturated carbocycles. The Hall–Kier alpha value is -1.93. The fourth-order valence-corrected chi connectivity index (χ4v) is 3.08. The van der Waals surface area contributed by atoms with Gasteiger partial charge in [-0.2, -0.15) is 0 Å². The van der Waals surface area contributed by atoms with Gasteiger partial charge < -0.3 is 10.1 Å². The monoisotopic (exact) mass is 370 g/mol. The minimum absolute atomic E-state index is 0.0290. The van der Waals surface area contributed by atoms with Gasteiger partial charge in [0.05, 0.1) is 10.5 Å². The second-order valence-corrected chi connectivity index (χ2v) is 8.53. The fraction of sp³-hybridized carbons (Fsp3) is 0.529. The molecular weight excluding hydrogens is 344 g/mol. The number of hydrogen-bond donors (Lipinski definition) is 2. The van der Waals surface area contributed by atoms with Crippen LogP contribution in [-0.2, 0) is 19.6 Å². The summed E-state index contributed by atoms with van der Waals surface area (Å²) in [6.45, 7) is 10.5. The van der Waals surface area contributed by atoms with Crippen molar-refractivity contribution in [3.63, 3.8) is 0 Å². The average Bonchev–Trinajstić information content (AvgIpc) is 2.45. The normalized spacial score (nSPS) is 13.2. The van der Waals surface area contributed by atoms with Gasteiger partial charge >= 0.3 is 5.97 Å². The van der Waals surface area contributed by atoms with E-state index in [0.717, 1.165) is 0 Å². The smallest absolute Gasteiger partial charge is 0.339 e. The Balaban J connectivity index is 3.00. The van der Waals surface area contributed by atoms with Crippen LogP contribution in [0.4, 0.5) is 0 Å². The van der Waals surface area contributed by atoms with E-state index in [4.69, 9.17) is 4.74 Å². The number of benzene rings is 1. The standard InChI is InChI=1S/C17H26N2O5S/c1-7-18-25(22,23)13-9-8-11(2)14(10-13)16(21)24-12(3)15(20)19-17(4,5)6/h8-10,12,18H,7H2,1-6H3,(H,19,20). The van der Waals surface area contributed by atoms with E-state index >= 15 is 0 Å². The zero-order valence-electron chi connectivity index (χ0n) is 15.5. The van der Waals surface area contributed by atoms with E-state index < -0.39 is 33.5 Å². The topological polar surface area (TPSA) is 102 Å². The molecule has 1 rings (SSSR count). The molecule has 0 fully saturated rings. The Kier molecular flexibility index (Phi) is 6.73. The van der Waals surface area contributed by atoms with Crippen molar-refractivity contribution in [2.75, 3.05) is 6.54 Å². The Morgan fingerprint density at radius 3 is 2.36 bits per heavy atom. The summed E-state index contributed by atoms with van der Waals surface area (Å²) in [5.74, 6) is -1.17. The largest absolute Gasteiger partial charge is 0.449 e. The van der Waals surface area contributed by atoms with Gasteiger partial charge in [0, 0.05) is 12.1 Å². The van der Waals surface area contributed by atoms with Crippen LogP contribution in [0.1, 0.15) is 50.5 Å². The minimum atomic E-state index is -3.69. The number of hydrogen-bond acceptors (Lipinski definition) is 5. The molecule has 0 heterocycles. The predicted molar refractivity (Wildman–Crippen MR) is 94.8 cm³/mol. The molecule has 2 N–H and O–H groups in total. The molecule has 8 heteroatoms. The van der Waals surface area contributed by atoms with Gasteiger partial charge in [-0.25, -0.2) is 17.9 Å². The van der Waals surface area contributed by atoms with Crippen molar-refractivity contribution in [2.45, 2.75) is 58.1 Å². The molecule has 0 bridgehead atoms. The minimum Gasteiger partial charge on any atom is -0.449 e. The first-order valence-electron chi connectivity index (χ1n) is 8.00.